The maximum Gasteiger partial charge on any atom is 0.402 e. The van der Waals surface area contributed by atoms with Crippen molar-refractivity contribution in [1.82, 2.24) is 8.68 Å². The lowest BCUT2D eigenvalue weighted by molar-refractivity contribution is -0.136. The lowest BCUT2D eigenvalue weighted by Crippen LogP contribution is -2.39. The quantitative estimate of drug-likeness (QED) is 0.792. The zero-order chi connectivity index (χ0) is 15.4. The average Bonchev–Trinajstić information content (AvgIpc) is 2.82. The van der Waals surface area contributed by atoms with Gasteiger partial charge in [0.25, 0.3) is 10.0 Å². The molecule has 1 heterocycles. The lowest BCUT2D eigenvalue weighted by atomic mass is 10.4. The summed E-state index contributed by atoms with van der Waals surface area (Å²) in [6.07, 6.45) is -5.04. The molecule has 0 atom stereocenters. The minimum atomic E-state index is -4.70. The number of hydrogen-bond donors (Lipinski definition) is 0. The first kappa shape index (κ1) is 16.7. The second kappa shape index (κ2) is 6.38. The summed E-state index contributed by atoms with van der Waals surface area (Å²) in [4.78, 5) is 0. The molecule has 0 radical (unpaired) electrons. The van der Waals surface area contributed by atoms with Crippen LogP contribution in [0.4, 0.5) is 13.2 Å². The molecule has 1 aromatic heterocycles. The first-order valence-corrected chi connectivity index (χ1v) is 7.36. The zero-order valence-electron chi connectivity index (χ0n) is 10.2. The number of nitriles is 1. The molecule has 20 heavy (non-hydrogen) atoms. The lowest BCUT2D eigenvalue weighted by Gasteiger charge is -2.21. The van der Waals surface area contributed by atoms with Gasteiger partial charge < -0.3 is 4.74 Å². The standard InChI is InChI=1S/C9H10F3N3O3S2/c1-18-7-5-8(19-14-7)20(16,17)15(4-2-3-13)6-9(10,11)12/h5H,2,4,6H2,1H3. The molecule has 11 heteroatoms. The number of alkyl halides is 3. The highest BCUT2D eigenvalue weighted by atomic mass is 32.2. The zero-order valence-corrected chi connectivity index (χ0v) is 11.8. The third-order valence-corrected chi connectivity index (χ3v) is 5.14. The van der Waals surface area contributed by atoms with Crippen molar-refractivity contribution < 1.29 is 26.3 Å². The first-order chi connectivity index (χ1) is 9.20. The molecule has 0 N–H and O–H groups in total. The molecule has 0 aliphatic heterocycles. The molecule has 0 spiro atoms. The summed E-state index contributed by atoms with van der Waals surface area (Å²) >= 11 is 0.514. The van der Waals surface area contributed by atoms with E-state index < -0.39 is 29.3 Å². The number of methoxy groups -OCH3 is 1. The molecular weight excluding hydrogens is 319 g/mol. The molecule has 0 bridgehead atoms. The van der Waals surface area contributed by atoms with Crippen molar-refractivity contribution in [3.63, 3.8) is 0 Å². The van der Waals surface area contributed by atoms with Crippen molar-refractivity contribution in [2.45, 2.75) is 16.8 Å². The third-order valence-electron chi connectivity index (χ3n) is 2.10. The highest BCUT2D eigenvalue weighted by Gasteiger charge is 2.37. The molecule has 0 fully saturated rings. The predicted molar refractivity (Wildman–Crippen MR) is 63.7 cm³/mol. The van der Waals surface area contributed by atoms with Gasteiger partial charge in [-0.15, -0.1) is 0 Å². The van der Waals surface area contributed by atoms with Crippen LogP contribution in [0, 0.1) is 11.3 Å². The Morgan fingerprint density at radius 3 is 2.65 bits per heavy atom. The van der Waals surface area contributed by atoms with Crippen LogP contribution >= 0.6 is 11.5 Å². The number of halogens is 3. The molecular formula is C9H10F3N3O3S2. The molecule has 0 aromatic carbocycles. The fraction of sp³-hybridized carbons (Fsp3) is 0.556. The summed E-state index contributed by atoms with van der Waals surface area (Å²) in [5.74, 6) is 0.000756. The van der Waals surface area contributed by atoms with Crippen LogP contribution in [0.5, 0.6) is 5.88 Å². The van der Waals surface area contributed by atoms with Gasteiger partial charge in [0.05, 0.1) is 13.2 Å². The SMILES string of the molecule is COc1cc(S(=O)(=O)N(CCC#N)CC(F)(F)F)sn1. The Bertz CT molecular complexity index is 592. The van der Waals surface area contributed by atoms with Gasteiger partial charge in [-0.1, -0.05) is 0 Å². The Morgan fingerprint density at radius 1 is 1.55 bits per heavy atom. The number of rotatable bonds is 6. The number of aromatic nitrogens is 1. The molecule has 112 valence electrons. The fourth-order valence-corrected chi connectivity index (χ4v) is 3.67. The summed E-state index contributed by atoms with van der Waals surface area (Å²) in [6, 6.07) is 2.65. The maximum atomic E-state index is 12.4. The van der Waals surface area contributed by atoms with Gasteiger partial charge in [-0.3, -0.25) is 0 Å². The van der Waals surface area contributed by atoms with E-state index in [2.05, 4.69) is 4.37 Å². The van der Waals surface area contributed by atoms with Gasteiger partial charge >= 0.3 is 6.18 Å². The summed E-state index contributed by atoms with van der Waals surface area (Å²) in [5, 5.41) is 8.41. The largest absolute Gasteiger partial charge is 0.480 e. The summed E-state index contributed by atoms with van der Waals surface area (Å²) in [7, 11) is -3.10. The number of hydrogen-bond acceptors (Lipinski definition) is 6. The van der Waals surface area contributed by atoms with E-state index in [1.54, 1.807) is 6.07 Å². The highest BCUT2D eigenvalue weighted by molar-refractivity contribution is 7.91. The van der Waals surface area contributed by atoms with Crippen molar-refractivity contribution in [3.05, 3.63) is 6.07 Å². The Kier molecular flexibility index (Phi) is 5.32. The molecule has 0 aliphatic rings. The van der Waals surface area contributed by atoms with Crippen LogP contribution in [0.25, 0.3) is 0 Å². The van der Waals surface area contributed by atoms with Crippen molar-refractivity contribution in [1.29, 1.82) is 5.26 Å². The van der Waals surface area contributed by atoms with E-state index in [4.69, 9.17) is 10.00 Å². The smallest absolute Gasteiger partial charge is 0.402 e. The van der Waals surface area contributed by atoms with Gasteiger partial charge in [0.2, 0.25) is 5.88 Å². The molecule has 0 saturated heterocycles. The van der Waals surface area contributed by atoms with Gasteiger partial charge in [-0.2, -0.15) is 27.1 Å². The van der Waals surface area contributed by atoms with Gasteiger partial charge in [0.15, 0.2) is 4.21 Å². The van der Waals surface area contributed by atoms with E-state index >= 15 is 0 Å². The van der Waals surface area contributed by atoms with Crippen LogP contribution in [0.1, 0.15) is 6.42 Å². The van der Waals surface area contributed by atoms with E-state index in [9.17, 15) is 21.6 Å². The monoisotopic (exact) mass is 329 g/mol. The van der Waals surface area contributed by atoms with E-state index in [1.807, 2.05) is 0 Å². The van der Waals surface area contributed by atoms with Gasteiger partial charge in [-0.05, 0) is 11.5 Å². The summed E-state index contributed by atoms with van der Waals surface area (Å²) < 4.78 is 69.6. The number of ether oxygens (including phenoxy) is 1. The number of sulfonamides is 1. The van der Waals surface area contributed by atoms with Crippen molar-refractivity contribution >= 4 is 21.6 Å². The minimum Gasteiger partial charge on any atom is -0.480 e. The molecule has 6 nitrogen and oxygen atoms in total. The third kappa shape index (κ3) is 4.32. The van der Waals surface area contributed by atoms with Crippen LogP contribution in [-0.2, 0) is 10.0 Å². The van der Waals surface area contributed by atoms with E-state index in [0.29, 0.717) is 11.5 Å². The number of nitrogens with zero attached hydrogens (tertiary/aromatic N) is 3. The predicted octanol–water partition coefficient (Wildman–Crippen LogP) is 1.62. The molecule has 1 aromatic rings. The summed E-state index contributed by atoms with van der Waals surface area (Å²) in [5.41, 5.74) is 0. The van der Waals surface area contributed by atoms with Crippen LogP contribution in [0.2, 0.25) is 0 Å². The summed E-state index contributed by atoms with van der Waals surface area (Å²) in [6.45, 7) is -2.20. The topological polar surface area (TPSA) is 83.3 Å². The van der Waals surface area contributed by atoms with Gasteiger partial charge in [0, 0.05) is 19.0 Å². The highest BCUT2D eigenvalue weighted by Crippen LogP contribution is 2.27. The Labute approximate surface area is 117 Å². The van der Waals surface area contributed by atoms with Gasteiger partial charge in [-0.25, -0.2) is 8.42 Å². The average molecular weight is 329 g/mol. The van der Waals surface area contributed by atoms with E-state index in [0.717, 1.165) is 6.07 Å². The second-order valence-electron chi connectivity index (χ2n) is 3.55. The van der Waals surface area contributed by atoms with Gasteiger partial charge in [0.1, 0.15) is 6.54 Å². The van der Waals surface area contributed by atoms with Crippen LogP contribution in [0.3, 0.4) is 0 Å². The van der Waals surface area contributed by atoms with Crippen LogP contribution < -0.4 is 4.74 Å². The van der Waals surface area contributed by atoms with Crippen LogP contribution in [-0.4, -0.2) is 43.5 Å². The maximum absolute atomic E-state index is 12.4. The van der Waals surface area contributed by atoms with E-state index in [1.165, 1.54) is 7.11 Å². The molecule has 0 amide bonds. The normalized spacial score (nSPS) is 12.4. The Balaban J connectivity index is 3.07. The van der Waals surface area contributed by atoms with Crippen molar-refractivity contribution in [2.75, 3.05) is 20.2 Å². The molecule has 0 unspecified atom stereocenters. The van der Waals surface area contributed by atoms with Crippen LogP contribution in [0.15, 0.2) is 10.3 Å². The second-order valence-corrected chi connectivity index (χ2v) is 6.52. The van der Waals surface area contributed by atoms with Crippen molar-refractivity contribution in [2.24, 2.45) is 0 Å². The van der Waals surface area contributed by atoms with Crippen molar-refractivity contribution in [3.8, 4) is 11.9 Å². The molecule has 1 rings (SSSR count). The Hall–Kier alpha value is -1.38. The fourth-order valence-electron chi connectivity index (χ4n) is 1.25. The first-order valence-electron chi connectivity index (χ1n) is 5.15. The van der Waals surface area contributed by atoms with E-state index in [-0.39, 0.29) is 20.8 Å². The Morgan fingerprint density at radius 2 is 2.20 bits per heavy atom. The minimum absolute atomic E-state index is 0.000756. The molecule has 0 saturated carbocycles. The molecule has 0 aliphatic carbocycles.